The van der Waals surface area contributed by atoms with Crippen molar-refractivity contribution < 1.29 is 9.59 Å². The Morgan fingerprint density at radius 2 is 1.71 bits per heavy atom. The van der Waals surface area contributed by atoms with Crippen LogP contribution in [0.4, 0.5) is 0 Å². The van der Waals surface area contributed by atoms with Crippen molar-refractivity contribution in [3.8, 4) is 0 Å². The molecule has 5 aliphatic rings. The normalized spacial score (nSPS) is 35.0. The van der Waals surface area contributed by atoms with Crippen molar-refractivity contribution in [2.75, 3.05) is 6.54 Å². The molecule has 1 aromatic carbocycles. The molecule has 1 heterocycles. The lowest BCUT2D eigenvalue weighted by Gasteiger charge is -2.57. The van der Waals surface area contributed by atoms with Gasteiger partial charge in [0.05, 0.1) is 12.5 Å². The monoisotopic (exact) mass is 378 g/mol. The second kappa shape index (κ2) is 6.75. The van der Waals surface area contributed by atoms with Crippen molar-refractivity contribution in [2.24, 2.45) is 23.2 Å². The lowest BCUT2D eigenvalue weighted by molar-refractivity contribution is -0.130. The highest BCUT2D eigenvalue weighted by atomic mass is 16.2. The fourth-order valence-electron chi connectivity index (χ4n) is 6.95. The lowest BCUT2D eigenvalue weighted by Crippen LogP contribution is -2.51. The maximum absolute atomic E-state index is 12.9. The van der Waals surface area contributed by atoms with Crippen molar-refractivity contribution in [3.05, 3.63) is 41.6 Å². The first-order valence-electron chi connectivity index (χ1n) is 10.8. The molecule has 4 heteroatoms. The molecule has 148 valence electrons. The van der Waals surface area contributed by atoms with Gasteiger partial charge in [-0.15, -0.1) is 0 Å². The van der Waals surface area contributed by atoms with Gasteiger partial charge in [0.15, 0.2) is 0 Å². The molecule has 0 radical (unpaired) electrons. The predicted molar refractivity (Wildman–Crippen MR) is 109 cm³/mol. The van der Waals surface area contributed by atoms with Gasteiger partial charge in [0, 0.05) is 19.7 Å². The zero-order chi connectivity index (χ0) is 19.3. The largest absolute Gasteiger partial charge is 0.355 e. The number of benzene rings is 1. The molecule has 4 nitrogen and oxygen atoms in total. The number of carbonyl (C=O) groups is 2. The Morgan fingerprint density at radius 3 is 2.36 bits per heavy atom. The van der Waals surface area contributed by atoms with Crippen LogP contribution in [0.2, 0.25) is 0 Å². The maximum Gasteiger partial charge on any atom is 0.223 e. The van der Waals surface area contributed by atoms with E-state index in [-0.39, 0.29) is 17.9 Å². The van der Waals surface area contributed by atoms with E-state index in [0.717, 1.165) is 35.4 Å². The predicted octanol–water partition coefficient (Wildman–Crippen LogP) is 4.28. The molecule has 28 heavy (non-hydrogen) atoms. The summed E-state index contributed by atoms with van der Waals surface area (Å²) in [5.41, 5.74) is 2.50. The number of nitrogens with one attached hydrogen (secondary N) is 1. The molecule has 1 aliphatic heterocycles. The van der Waals surface area contributed by atoms with E-state index < -0.39 is 0 Å². The van der Waals surface area contributed by atoms with Gasteiger partial charge in [0.2, 0.25) is 11.8 Å². The summed E-state index contributed by atoms with van der Waals surface area (Å²) < 4.78 is 0. The van der Waals surface area contributed by atoms with Crippen LogP contribution in [0, 0.1) is 23.2 Å². The topological polar surface area (TPSA) is 49.4 Å². The summed E-state index contributed by atoms with van der Waals surface area (Å²) in [5, 5.41) is 3.28. The fraction of sp³-hybridized carbons (Fsp3) is 0.583. The molecule has 4 aliphatic carbocycles. The van der Waals surface area contributed by atoms with Crippen LogP contribution in [-0.4, -0.2) is 23.3 Å². The summed E-state index contributed by atoms with van der Waals surface area (Å²) in [6.07, 6.45) is 12.3. The van der Waals surface area contributed by atoms with Gasteiger partial charge in [0.25, 0.3) is 0 Å². The minimum atomic E-state index is -0.213. The van der Waals surface area contributed by atoms with Crippen LogP contribution in [0.5, 0.6) is 0 Å². The van der Waals surface area contributed by atoms with Crippen LogP contribution in [0.1, 0.15) is 69.0 Å². The van der Waals surface area contributed by atoms with Crippen LogP contribution in [0.15, 0.2) is 30.5 Å². The first-order chi connectivity index (χ1) is 13.5. The molecule has 1 N–H and O–H groups in total. The highest BCUT2D eigenvalue weighted by Gasteiger charge is 2.50. The fourth-order valence-corrected chi connectivity index (χ4v) is 6.95. The van der Waals surface area contributed by atoms with E-state index in [9.17, 15) is 9.59 Å². The third-order valence-corrected chi connectivity index (χ3v) is 7.67. The average molecular weight is 379 g/mol. The average Bonchev–Trinajstić information content (AvgIpc) is 2.65. The number of fused-ring (bicyclic) bond motifs is 1. The summed E-state index contributed by atoms with van der Waals surface area (Å²) >= 11 is 0. The summed E-state index contributed by atoms with van der Waals surface area (Å²) in [6.45, 7) is 2.39. The zero-order valence-corrected chi connectivity index (χ0v) is 16.7. The highest BCUT2D eigenvalue weighted by Crippen LogP contribution is 2.59. The van der Waals surface area contributed by atoms with E-state index >= 15 is 0 Å². The van der Waals surface area contributed by atoms with Gasteiger partial charge in [-0.1, -0.05) is 24.3 Å². The molecule has 1 unspecified atom stereocenters. The zero-order valence-electron chi connectivity index (χ0n) is 16.7. The Morgan fingerprint density at radius 1 is 1.07 bits per heavy atom. The highest BCUT2D eigenvalue weighted by molar-refractivity contribution is 5.81. The van der Waals surface area contributed by atoms with Gasteiger partial charge in [0.1, 0.15) is 0 Å². The van der Waals surface area contributed by atoms with Crippen LogP contribution in [0.25, 0.3) is 6.08 Å². The Bertz CT molecular complexity index is 792. The number of rotatable bonds is 4. The molecule has 1 atom stereocenters. The van der Waals surface area contributed by atoms with Gasteiger partial charge in [-0.05, 0) is 78.9 Å². The van der Waals surface area contributed by atoms with E-state index in [0.29, 0.717) is 11.8 Å². The van der Waals surface area contributed by atoms with Gasteiger partial charge in [-0.2, -0.15) is 0 Å². The van der Waals surface area contributed by atoms with E-state index in [1.165, 1.54) is 38.5 Å². The van der Waals surface area contributed by atoms with Gasteiger partial charge >= 0.3 is 0 Å². The molecule has 2 amide bonds. The minimum Gasteiger partial charge on any atom is -0.355 e. The first-order valence-corrected chi connectivity index (χ1v) is 10.8. The van der Waals surface area contributed by atoms with Gasteiger partial charge < -0.3 is 10.2 Å². The molecule has 0 spiro atoms. The molecule has 6 rings (SSSR count). The second-order valence-electron chi connectivity index (χ2n) is 9.79. The van der Waals surface area contributed by atoms with E-state index in [2.05, 4.69) is 5.32 Å². The standard InChI is InChI=1S/C24H30N2O2/c1-16(27)26-7-6-20-4-2-3-5-21(20)22(26)11-23(28)25-15-24-12-17-8-18(13-24)10-19(9-17)14-24/h2-7,17-19,22H,8-15H2,1H3,(H,25,28). The van der Waals surface area contributed by atoms with Crippen molar-refractivity contribution in [1.82, 2.24) is 10.2 Å². The third kappa shape index (κ3) is 3.17. The molecular weight excluding hydrogens is 348 g/mol. The molecule has 4 saturated carbocycles. The van der Waals surface area contributed by atoms with Crippen molar-refractivity contribution in [2.45, 2.75) is 57.9 Å². The summed E-state index contributed by atoms with van der Waals surface area (Å²) in [7, 11) is 0. The lowest BCUT2D eigenvalue weighted by atomic mass is 9.49. The smallest absolute Gasteiger partial charge is 0.223 e. The molecule has 1 aromatic rings. The molecule has 4 fully saturated rings. The van der Waals surface area contributed by atoms with E-state index in [1.807, 2.05) is 36.5 Å². The van der Waals surface area contributed by atoms with E-state index in [4.69, 9.17) is 0 Å². The number of hydrogen-bond donors (Lipinski definition) is 1. The van der Waals surface area contributed by atoms with Crippen LogP contribution >= 0.6 is 0 Å². The SMILES string of the molecule is CC(=O)N1C=Cc2ccccc2C1CC(=O)NCC12CC3CC(CC(C3)C1)C2. The third-order valence-electron chi connectivity index (χ3n) is 7.67. The molecule has 0 saturated heterocycles. The molecule has 0 aromatic heterocycles. The van der Waals surface area contributed by atoms with Crippen molar-refractivity contribution >= 4 is 17.9 Å². The summed E-state index contributed by atoms with van der Waals surface area (Å²) in [4.78, 5) is 26.7. The van der Waals surface area contributed by atoms with Gasteiger partial charge in [-0.3, -0.25) is 9.59 Å². The Balaban J connectivity index is 1.27. The summed E-state index contributed by atoms with van der Waals surface area (Å²) in [6, 6.07) is 7.85. The Labute approximate surface area is 167 Å². The maximum atomic E-state index is 12.9. The van der Waals surface area contributed by atoms with Gasteiger partial charge in [-0.25, -0.2) is 0 Å². The van der Waals surface area contributed by atoms with Crippen LogP contribution < -0.4 is 5.32 Å². The number of carbonyl (C=O) groups excluding carboxylic acids is 2. The molecule has 4 bridgehead atoms. The second-order valence-corrected chi connectivity index (χ2v) is 9.79. The first kappa shape index (κ1) is 18.0. The molecular formula is C24H30N2O2. The number of amides is 2. The van der Waals surface area contributed by atoms with E-state index in [1.54, 1.807) is 11.8 Å². The summed E-state index contributed by atoms with van der Waals surface area (Å²) in [5.74, 6) is 2.73. The number of nitrogens with zero attached hydrogens (tertiary/aromatic N) is 1. The minimum absolute atomic E-state index is 0.0235. The Kier molecular flexibility index (Phi) is 4.33. The quantitative estimate of drug-likeness (QED) is 0.850. The number of hydrogen-bond acceptors (Lipinski definition) is 2. The Hall–Kier alpha value is -2.10. The van der Waals surface area contributed by atoms with Crippen LogP contribution in [0.3, 0.4) is 0 Å². The van der Waals surface area contributed by atoms with Crippen molar-refractivity contribution in [1.29, 1.82) is 0 Å². The van der Waals surface area contributed by atoms with Crippen LogP contribution in [-0.2, 0) is 9.59 Å². The van der Waals surface area contributed by atoms with Crippen molar-refractivity contribution in [3.63, 3.8) is 0 Å².